The molecule has 0 spiro atoms. The molecule has 0 aromatic heterocycles. The number of benzene rings is 5. The maximum atomic E-state index is 11.4. The Bertz CT molecular complexity index is 2490. The van der Waals surface area contributed by atoms with Crippen molar-refractivity contribution in [2.75, 3.05) is 49.8 Å². The van der Waals surface area contributed by atoms with Crippen molar-refractivity contribution < 1.29 is 42.7 Å². The Labute approximate surface area is 423 Å². The van der Waals surface area contributed by atoms with E-state index in [9.17, 15) is 9.59 Å². The number of methoxy groups -OCH3 is 7. The van der Waals surface area contributed by atoms with E-state index in [0.717, 1.165) is 130 Å². The SMILES string of the molecule is C=C1CCCc2cc(OC)ccc21.COc1ccc2c(c1)CCCC(=O)C2.COc1ccc2c(c1)CCCC(N)C2.COc1ccc2c(c1)CCCC(OC)(OC)C2.COc1ccc2c(c1)CCCC2=O. The molecule has 1 unspecified atom stereocenters. The van der Waals surface area contributed by atoms with Crippen molar-refractivity contribution in [2.24, 2.45) is 5.73 Å². The van der Waals surface area contributed by atoms with E-state index in [1.165, 1.54) is 62.9 Å². The van der Waals surface area contributed by atoms with Crippen LogP contribution in [-0.4, -0.2) is 73.2 Å². The first-order valence-corrected chi connectivity index (χ1v) is 25.3. The minimum absolute atomic E-state index is 0.268. The third-order valence-corrected chi connectivity index (χ3v) is 14.3. The Hall–Kier alpha value is -5.94. The molecule has 5 aliphatic carbocycles. The summed E-state index contributed by atoms with van der Waals surface area (Å²) in [6.07, 6.45) is 17.8. The number of nitrogens with two attached hydrogens (primary N) is 1. The molecule has 0 saturated heterocycles. The third kappa shape index (κ3) is 15.3. The van der Waals surface area contributed by atoms with E-state index >= 15 is 0 Å². The van der Waals surface area contributed by atoms with Crippen LogP contribution in [-0.2, 0) is 65.6 Å². The van der Waals surface area contributed by atoms with Gasteiger partial charge in [-0.25, -0.2) is 0 Å². The molecule has 0 saturated carbocycles. The number of ether oxygens (including phenoxy) is 7. The van der Waals surface area contributed by atoms with E-state index in [2.05, 4.69) is 43.0 Å². The zero-order valence-electron chi connectivity index (χ0n) is 43.4. The second-order valence-electron chi connectivity index (χ2n) is 19.0. The lowest BCUT2D eigenvalue weighted by molar-refractivity contribution is -0.209. The molecule has 0 radical (unpaired) electrons. The highest BCUT2D eigenvalue weighted by Crippen LogP contribution is 2.34. The van der Waals surface area contributed by atoms with Crippen molar-refractivity contribution in [3.8, 4) is 28.7 Å². The first-order chi connectivity index (χ1) is 34.4. The molecule has 10 rings (SSSR count). The molecule has 5 aromatic carbocycles. The van der Waals surface area contributed by atoms with Crippen LogP contribution in [0.15, 0.2) is 97.6 Å². The Kier molecular flexibility index (Phi) is 20.7. The topological polar surface area (TPSA) is 125 Å². The molecule has 10 heteroatoms. The molecule has 0 heterocycles. The molecule has 380 valence electrons. The van der Waals surface area contributed by atoms with Gasteiger partial charge in [-0.05, 0) is 206 Å². The molecule has 10 nitrogen and oxygen atoms in total. The predicted octanol–water partition coefficient (Wildman–Crippen LogP) is 11.9. The molecule has 0 aliphatic heterocycles. The summed E-state index contributed by atoms with van der Waals surface area (Å²) in [5.74, 6) is 4.72. The van der Waals surface area contributed by atoms with Gasteiger partial charge in [0, 0.05) is 57.9 Å². The summed E-state index contributed by atoms with van der Waals surface area (Å²) in [7, 11) is 11.9. The van der Waals surface area contributed by atoms with Gasteiger partial charge in [-0.15, -0.1) is 0 Å². The average molecular weight is 968 g/mol. The second kappa shape index (κ2) is 27.0. The molecule has 1 atom stereocenters. The fourth-order valence-corrected chi connectivity index (χ4v) is 10.1. The Morgan fingerprint density at radius 2 is 0.901 bits per heavy atom. The highest BCUT2D eigenvalue weighted by atomic mass is 16.7. The van der Waals surface area contributed by atoms with Gasteiger partial charge in [0.15, 0.2) is 11.6 Å². The number of ketones is 2. The van der Waals surface area contributed by atoms with Crippen LogP contribution in [0.25, 0.3) is 5.57 Å². The van der Waals surface area contributed by atoms with E-state index in [1.807, 2.05) is 54.6 Å². The van der Waals surface area contributed by atoms with Crippen LogP contribution in [0.3, 0.4) is 0 Å². The van der Waals surface area contributed by atoms with Crippen LogP contribution in [0.1, 0.15) is 125 Å². The molecule has 2 N–H and O–H groups in total. The van der Waals surface area contributed by atoms with Gasteiger partial charge in [0.1, 0.15) is 34.5 Å². The Morgan fingerprint density at radius 1 is 0.465 bits per heavy atom. The van der Waals surface area contributed by atoms with E-state index in [1.54, 1.807) is 49.8 Å². The number of hydrogen-bond acceptors (Lipinski definition) is 10. The van der Waals surface area contributed by atoms with Gasteiger partial charge in [0.05, 0.1) is 35.5 Å². The maximum absolute atomic E-state index is 11.4. The summed E-state index contributed by atoms with van der Waals surface area (Å²) in [5.41, 5.74) is 19.9. The number of rotatable bonds is 7. The predicted molar refractivity (Wildman–Crippen MR) is 284 cm³/mol. The van der Waals surface area contributed by atoms with Gasteiger partial charge in [0.2, 0.25) is 0 Å². The van der Waals surface area contributed by atoms with Crippen LogP contribution in [0, 0.1) is 0 Å². The molecule has 0 fully saturated rings. The van der Waals surface area contributed by atoms with Crippen LogP contribution in [0.4, 0.5) is 0 Å². The molecule has 71 heavy (non-hydrogen) atoms. The number of fused-ring (bicyclic) bond motifs is 5. The number of carbonyl (C=O) groups excluding carboxylic acids is 2. The highest BCUT2D eigenvalue weighted by molar-refractivity contribution is 5.98. The Morgan fingerprint density at radius 3 is 1.49 bits per heavy atom. The summed E-state index contributed by atoms with van der Waals surface area (Å²) in [6.45, 7) is 4.07. The molecule has 5 aromatic rings. The Balaban J connectivity index is 0.000000146. The van der Waals surface area contributed by atoms with Crippen molar-refractivity contribution in [2.45, 2.75) is 127 Å². The fraction of sp³-hybridized carbons (Fsp3) is 0.443. The summed E-state index contributed by atoms with van der Waals surface area (Å²) in [6, 6.07) is 30.8. The van der Waals surface area contributed by atoms with E-state index in [0.29, 0.717) is 24.7 Å². The van der Waals surface area contributed by atoms with Gasteiger partial charge in [0.25, 0.3) is 0 Å². The van der Waals surface area contributed by atoms with Crippen molar-refractivity contribution in [1.82, 2.24) is 0 Å². The molecule has 5 aliphatic rings. The van der Waals surface area contributed by atoms with Crippen LogP contribution >= 0.6 is 0 Å². The average Bonchev–Trinajstić information content (AvgIpc) is 3.81. The number of carbonyl (C=O) groups is 2. The van der Waals surface area contributed by atoms with Crippen LogP contribution < -0.4 is 29.4 Å². The van der Waals surface area contributed by atoms with Gasteiger partial charge in [-0.3, -0.25) is 9.59 Å². The van der Waals surface area contributed by atoms with E-state index < -0.39 is 5.79 Å². The molecule has 0 bridgehead atoms. The number of allylic oxidation sites excluding steroid dienone is 1. The van der Waals surface area contributed by atoms with Gasteiger partial charge < -0.3 is 38.9 Å². The van der Waals surface area contributed by atoms with Gasteiger partial charge in [-0.2, -0.15) is 0 Å². The fourth-order valence-electron chi connectivity index (χ4n) is 10.1. The van der Waals surface area contributed by atoms with Crippen LogP contribution in [0.2, 0.25) is 0 Å². The number of aryl methyl sites for hydroxylation is 5. The van der Waals surface area contributed by atoms with E-state index in [4.69, 9.17) is 38.9 Å². The summed E-state index contributed by atoms with van der Waals surface area (Å²) in [5, 5.41) is 0. The van der Waals surface area contributed by atoms with Crippen molar-refractivity contribution in [1.29, 1.82) is 0 Å². The van der Waals surface area contributed by atoms with Gasteiger partial charge >= 0.3 is 0 Å². The lowest BCUT2D eigenvalue weighted by atomic mass is 9.88. The van der Waals surface area contributed by atoms with Crippen molar-refractivity contribution in [3.63, 3.8) is 0 Å². The molecule has 0 amide bonds. The minimum atomic E-state index is -0.458. The largest absolute Gasteiger partial charge is 0.497 e. The first-order valence-electron chi connectivity index (χ1n) is 25.3. The quantitative estimate of drug-likeness (QED) is 0.124. The normalized spacial score (nSPS) is 17.3. The number of hydrogen-bond donors (Lipinski definition) is 1. The first kappa shape index (κ1) is 54.4. The summed E-state index contributed by atoms with van der Waals surface area (Å²) < 4.78 is 37.1. The standard InChI is InChI=1S/C14H20O3.C12H17NO.C12H14O2.C12H14O.C11H12O2/c1-15-13-7-6-12-10-14(16-2,17-3)8-4-5-11(12)9-13;2*1-14-12-6-5-10-7-11(13)4-2-3-9(10)8-12;1-9-4-3-5-10-8-11(13-2)6-7-12(9)10;1-13-9-5-6-10-8(7-9)3-2-4-11(10)12/h6-7,9H,4-5,8,10H2,1-3H3;5-6,8,11H,2-4,7,13H2,1H3;5-6,8H,2-4,7H2,1H3;6-8H,1,3-5H2,2H3;5-7H,2-4H2,1H3. The van der Waals surface area contributed by atoms with Crippen molar-refractivity contribution >= 4 is 17.1 Å². The maximum Gasteiger partial charge on any atom is 0.171 e. The van der Waals surface area contributed by atoms with Crippen molar-refractivity contribution in [3.05, 3.63) is 153 Å². The van der Waals surface area contributed by atoms with E-state index in [-0.39, 0.29) is 5.78 Å². The zero-order chi connectivity index (χ0) is 50.8. The molecular formula is C61H77NO9. The lowest BCUT2D eigenvalue weighted by Gasteiger charge is -2.29. The lowest BCUT2D eigenvalue weighted by Crippen LogP contribution is -2.35. The van der Waals surface area contributed by atoms with Crippen LogP contribution in [0.5, 0.6) is 28.7 Å². The zero-order valence-corrected chi connectivity index (χ0v) is 43.4. The summed E-state index contributed by atoms with van der Waals surface area (Å²) in [4.78, 5) is 22.8. The molecular weight excluding hydrogens is 891 g/mol. The van der Waals surface area contributed by atoms with Gasteiger partial charge in [-0.1, -0.05) is 30.8 Å². The highest BCUT2D eigenvalue weighted by Gasteiger charge is 2.32. The number of Topliss-reactive ketones (excluding diaryl/α,β-unsaturated/α-hetero) is 2. The summed E-state index contributed by atoms with van der Waals surface area (Å²) >= 11 is 0. The monoisotopic (exact) mass is 968 g/mol. The second-order valence-corrected chi connectivity index (χ2v) is 19.0. The smallest absolute Gasteiger partial charge is 0.171 e. The minimum Gasteiger partial charge on any atom is -0.497 e. The third-order valence-electron chi connectivity index (χ3n) is 14.3.